The number of rotatable bonds is 4. The molecule has 0 spiro atoms. The Morgan fingerprint density at radius 1 is 0.903 bits per heavy atom. The molecule has 2 unspecified atom stereocenters. The fourth-order valence-corrected chi connectivity index (χ4v) is 6.06. The molecule has 0 bridgehead atoms. The van der Waals surface area contributed by atoms with E-state index < -0.39 is 40.5 Å². The van der Waals surface area contributed by atoms with Gasteiger partial charge in [-0.05, 0) is 78.9 Å². The van der Waals surface area contributed by atoms with E-state index in [1.807, 2.05) is 0 Å². The van der Waals surface area contributed by atoms with Gasteiger partial charge in [0.05, 0.1) is 10.9 Å². The molecule has 0 heterocycles. The standard InChI is InChI=1S/C25H28F6/c1-2-3-4-14-5-6-16-10-17(8-7-15(16)9-14)20-12-18-11-19(26)13-21(27)22(18)24(28)23(20)25(29,30)31/h11-17H,2-10H2,1H3/t14-,15?,16-,17?/m1/s1. The van der Waals surface area contributed by atoms with E-state index in [-0.39, 0.29) is 10.9 Å². The first-order valence-electron chi connectivity index (χ1n) is 11.4. The van der Waals surface area contributed by atoms with Crippen LogP contribution in [0.1, 0.15) is 81.8 Å². The van der Waals surface area contributed by atoms with E-state index >= 15 is 0 Å². The Labute approximate surface area is 179 Å². The topological polar surface area (TPSA) is 0 Å². The summed E-state index contributed by atoms with van der Waals surface area (Å²) in [4.78, 5) is 0. The Morgan fingerprint density at radius 2 is 1.61 bits per heavy atom. The normalized spacial score (nSPS) is 26.8. The van der Waals surface area contributed by atoms with Crippen molar-refractivity contribution >= 4 is 10.8 Å². The summed E-state index contributed by atoms with van der Waals surface area (Å²) >= 11 is 0. The summed E-state index contributed by atoms with van der Waals surface area (Å²) in [7, 11) is 0. The fourth-order valence-electron chi connectivity index (χ4n) is 6.06. The molecule has 0 saturated heterocycles. The summed E-state index contributed by atoms with van der Waals surface area (Å²) in [6.45, 7) is 2.18. The molecule has 6 heteroatoms. The second kappa shape index (κ2) is 8.67. The van der Waals surface area contributed by atoms with Crippen molar-refractivity contribution in [3.63, 3.8) is 0 Å². The van der Waals surface area contributed by atoms with Gasteiger partial charge in [-0.15, -0.1) is 0 Å². The minimum atomic E-state index is -4.94. The summed E-state index contributed by atoms with van der Waals surface area (Å²) in [6, 6.07) is 2.51. The molecule has 2 aliphatic carbocycles. The van der Waals surface area contributed by atoms with Crippen LogP contribution in [-0.4, -0.2) is 0 Å². The summed E-state index contributed by atoms with van der Waals surface area (Å²) in [5.74, 6) is -2.75. The van der Waals surface area contributed by atoms with Crippen LogP contribution in [0.3, 0.4) is 0 Å². The highest BCUT2D eigenvalue weighted by Gasteiger charge is 2.43. The highest BCUT2D eigenvalue weighted by atomic mass is 19.4. The van der Waals surface area contributed by atoms with Crippen LogP contribution in [-0.2, 0) is 6.18 Å². The predicted molar refractivity (Wildman–Crippen MR) is 109 cm³/mol. The molecule has 2 aliphatic rings. The van der Waals surface area contributed by atoms with Crippen molar-refractivity contribution in [2.45, 2.75) is 76.8 Å². The van der Waals surface area contributed by atoms with Crippen LogP contribution in [0, 0.1) is 35.2 Å². The van der Waals surface area contributed by atoms with Gasteiger partial charge < -0.3 is 0 Å². The van der Waals surface area contributed by atoms with Crippen molar-refractivity contribution in [1.29, 1.82) is 0 Å². The number of alkyl halides is 3. The van der Waals surface area contributed by atoms with Crippen LogP contribution >= 0.6 is 0 Å². The Bertz CT molecular complexity index is 947. The molecule has 170 valence electrons. The summed E-state index contributed by atoms with van der Waals surface area (Å²) < 4.78 is 84.4. The van der Waals surface area contributed by atoms with Crippen LogP contribution in [0.25, 0.3) is 10.8 Å². The van der Waals surface area contributed by atoms with Gasteiger partial charge in [0, 0.05) is 6.07 Å². The Balaban J connectivity index is 1.67. The average molecular weight is 442 g/mol. The molecule has 0 amide bonds. The van der Waals surface area contributed by atoms with E-state index in [2.05, 4.69) is 6.92 Å². The zero-order chi connectivity index (χ0) is 22.3. The van der Waals surface area contributed by atoms with Gasteiger partial charge in [-0.2, -0.15) is 13.2 Å². The maximum Gasteiger partial charge on any atom is 0.419 e. The van der Waals surface area contributed by atoms with Gasteiger partial charge in [-0.3, -0.25) is 0 Å². The minimum absolute atomic E-state index is 0.144. The molecule has 0 nitrogen and oxygen atoms in total. The molecule has 0 aromatic heterocycles. The Kier molecular flexibility index (Phi) is 6.28. The lowest BCUT2D eigenvalue weighted by molar-refractivity contribution is -0.140. The second-order valence-electron chi connectivity index (χ2n) is 9.49. The van der Waals surface area contributed by atoms with E-state index in [9.17, 15) is 26.3 Å². The highest BCUT2D eigenvalue weighted by molar-refractivity contribution is 5.86. The van der Waals surface area contributed by atoms with E-state index in [0.29, 0.717) is 36.7 Å². The quantitative estimate of drug-likeness (QED) is 0.415. The fraction of sp³-hybridized carbons (Fsp3) is 0.600. The van der Waals surface area contributed by atoms with E-state index in [1.54, 1.807) is 0 Å². The van der Waals surface area contributed by atoms with Crippen molar-refractivity contribution in [2.24, 2.45) is 17.8 Å². The third-order valence-electron chi connectivity index (χ3n) is 7.54. The van der Waals surface area contributed by atoms with E-state index in [0.717, 1.165) is 31.7 Å². The second-order valence-corrected chi connectivity index (χ2v) is 9.49. The van der Waals surface area contributed by atoms with E-state index in [4.69, 9.17) is 0 Å². The van der Waals surface area contributed by atoms with Crippen molar-refractivity contribution in [3.8, 4) is 0 Å². The van der Waals surface area contributed by atoms with Crippen LogP contribution in [0.5, 0.6) is 0 Å². The smallest absolute Gasteiger partial charge is 0.207 e. The molecule has 4 atom stereocenters. The van der Waals surface area contributed by atoms with Crippen molar-refractivity contribution < 1.29 is 26.3 Å². The number of hydrogen-bond donors (Lipinski definition) is 0. The first kappa shape index (κ1) is 22.5. The summed E-state index contributed by atoms with van der Waals surface area (Å²) in [5, 5.41) is -0.939. The van der Waals surface area contributed by atoms with Crippen LogP contribution in [0.15, 0.2) is 18.2 Å². The molecule has 2 aromatic carbocycles. The van der Waals surface area contributed by atoms with Gasteiger partial charge in [0.25, 0.3) is 0 Å². The number of hydrogen-bond acceptors (Lipinski definition) is 0. The molecule has 2 fully saturated rings. The molecule has 4 rings (SSSR count). The van der Waals surface area contributed by atoms with Crippen molar-refractivity contribution in [2.75, 3.05) is 0 Å². The highest BCUT2D eigenvalue weighted by Crippen LogP contribution is 2.51. The van der Waals surface area contributed by atoms with Gasteiger partial charge >= 0.3 is 6.18 Å². The zero-order valence-electron chi connectivity index (χ0n) is 17.7. The van der Waals surface area contributed by atoms with Crippen molar-refractivity contribution in [1.82, 2.24) is 0 Å². The van der Waals surface area contributed by atoms with Crippen LogP contribution < -0.4 is 0 Å². The molecular weight excluding hydrogens is 414 g/mol. The van der Waals surface area contributed by atoms with E-state index in [1.165, 1.54) is 25.3 Å². The van der Waals surface area contributed by atoms with Gasteiger partial charge in [-0.1, -0.05) is 32.6 Å². The first-order valence-corrected chi connectivity index (χ1v) is 11.4. The lowest BCUT2D eigenvalue weighted by Crippen LogP contribution is -2.31. The Hall–Kier alpha value is -1.72. The number of fused-ring (bicyclic) bond motifs is 2. The molecule has 0 radical (unpaired) electrons. The largest absolute Gasteiger partial charge is 0.419 e. The monoisotopic (exact) mass is 442 g/mol. The lowest BCUT2D eigenvalue weighted by atomic mass is 9.63. The molecule has 2 saturated carbocycles. The van der Waals surface area contributed by atoms with Gasteiger partial charge in [-0.25, -0.2) is 13.2 Å². The molecule has 0 aliphatic heterocycles. The molecular formula is C25H28F6. The van der Waals surface area contributed by atoms with Gasteiger partial charge in [0.15, 0.2) is 0 Å². The molecule has 2 aromatic rings. The number of unbranched alkanes of at least 4 members (excludes halogenated alkanes) is 1. The summed E-state index contributed by atoms with van der Waals surface area (Å²) in [6.07, 6.45) is 3.84. The summed E-state index contributed by atoms with van der Waals surface area (Å²) in [5.41, 5.74) is -1.53. The average Bonchev–Trinajstić information content (AvgIpc) is 2.69. The third-order valence-corrected chi connectivity index (χ3v) is 7.54. The SMILES string of the molecule is CCCC[C@@H]1CC[C@@H]2CC(c3cc4cc(F)cc(F)c4c(F)c3C(F)(F)F)CCC2C1. The Morgan fingerprint density at radius 3 is 2.32 bits per heavy atom. The molecule has 0 N–H and O–H groups in total. The minimum Gasteiger partial charge on any atom is -0.207 e. The van der Waals surface area contributed by atoms with Gasteiger partial charge in [0.1, 0.15) is 17.5 Å². The zero-order valence-corrected chi connectivity index (χ0v) is 17.7. The maximum absolute atomic E-state index is 15.0. The predicted octanol–water partition coefficient (Wildman–Crippen LogP) is 8.77. The van der Waals surface area contributed by atoms with Gasteiger partial charge in [0.2, 0.25) is 0 Å². The lowest BCUT2D eigenvalue weighted by Gasteiger charge is -2.43. The van der Waals surface area contributed by atoms with Crippen LogP contribution in [0.4, 0.5) is 26.3 Å². The maximum atomic E-state index is 15.0. The van der Waals surface area contributed by atoms with Crippen LogP contribution in [0.2, 0.25) is 0 Å². The third kappa shape index (κ3) is 4.45. The van der Waals surface area contributed by atoms with Crippen molar-refractivity contribution in [3.05, 3.63) is 46.8 Å². The first-order chi connectivity index (χ1) is 14.7. The molecule has 31 heavy (non-hydrogen) atoms. The number of benzene rings is 2. The number of halogens is 6.